The third kappa shape index (κ3) is 4.52. The van der Waals surface area contributed by atoms with E-state index in [9.17, 15) is 4.79 Å². The Morgan fingerprint density at radius 3 is 3.00 bits per heavy atom. The molecule has 3 rings (SSSR count). The highest BCUT2D eigenvalue weighted by molar-refractivity contribution is 7.15. The maximum absolute atomic E-state index is 12.5. The molecule has 0 spiro atoms. The zero-order valence-corrected chi connectivity index (χ0v) is 14.4. The molecule has 0 saturated carbocycles. The predicted octanol–water partition coefficient (Wildman–Crippen LogP) is 1.63. The van der Waals surface area contributed by atoms with Crippen LogP contribution in [0.15, 0.2) is 24.3 Å². The lowest BCUT2D eigenvalue weighted by Crippen LogP contribution is -2.26. The average molecular weight is 345 g/mol. The Bertz CT molecular complexity index is 681. The second-order valence-corrected chi connectivity index (χ2v) is 7.21. The van der Waals surface area contributed by atoms with Crippen molar-refractivity contribution in [2.75, 3.05) is 25.4 Å². The quantitative estimate of drug-likeness (QED) is 0.663. The van der Waals surface area contributed by atoms with Crippen LogP contribution in [0.2, 0.25) is 0 Å². The maximum Gasteiger partial charge on any atom is 0.251 e. The van der Waals surface area contributed by atoms with Gasteiger partial charge in [0.2, 0.25) is 5.13 Å². The summed E-state index contributed by atoms with van der Waals surface area (Å²) in [5, 5.41) is 15.6. The molecule has 7 heteroatoms. The Balaban J connectivity index is 1.50. The Morgan fingerprint density at radius 1 is 1.38 bits per heavy atom. The van der Waals surface area contributed by atoms with Gasteiger partial charge in [-0.05, 0) is 49.9 Å². The number of benzene rings is 1. The van der Waals surface area contributed by atoms with Crippen molar-refractivity contribution in [3.05, 3.63) is 40.4 Å². The summed E-state index contributed by atoms with van der Waals surface area (Å²) in [6, 6.07) is 7.92. The zero-order valence-electron chi connectivity index (χ0n) is 13.6. The number of carbonyl (C=O) groups is 1. The zero-order chi connectivity index (χ0) is 16.8. The number of nitrogen functional groups attached to an aromatic ring is 1. The van der Waals surface area contributed by atoms with Crippen LogP contribution in [0.3, 0.4) is 0 Å². The third-order valence-electron chi connectivity index (χ3n) is 4.27. The first-order chi connectivity index (χ1) is 11.7. The number of aryl methyl sites for hydroxylation is 1. The minimum absolute atomic E-state index is 0.00772. The fourth-order valence-electron chi connectivity index (χ4n) is 3.02. The van der Waals surface area contributed by atoms with E-state index in [2.05, 4.69) is 26.9 Å². The van der Waals surface area contributed by atoms with Gasteiger partial charge in [0, 0.05) is 18.5 Å². The minimum Gasteiger partial charge on any atom is -0.374 e. The molecule has 2 aromatic rings. The lowest BCUT2D eigenvalue weighted by Gasteiger charge is -2.13. The van der Waals surface area contributed by atoms with Crippen molar-refractivity contribution >= 4 is 22.4 Å². The van der Waals surface area contributed by atoms with Crippen molar-refractivity contribution in [1.29, 1.82) is 0 Å². The van der Waals surface area contributed by atoms with Crippen molar-refractivity contribution in [1.82, 2.24) is 20.8 Å². The molecule has 0 bridgehead atoms. The first kappa shape index (κ1) is 16.9. The Morgan fingerprint density at radius 2 is 2.25 bits per heavy atom. The topological polar surface area (TPSA) is 92.9 Å². The van der Waals surface area contributed by atoms with E-state index in [-0.39, 0.29) is 5.91 Å². The van der Waals surface area contributed by atoms with Gasteiger partial charge in [0.15, 0.2) is 0 Å². The van der Waals surface area contributed by atoms with E-state index in [0.717, 1.165) is 48.5 Å². The van der Waals surface area contributed by atoms with Gasteiger partial charge in [0.25, 0.3) is 5.91 Å². The SMILES string of the molecule is Nc1nnc(CCCNC(=O)c2ccccc2CC2CCNC2)s1. The largest absolute Gasteiger partial charge is 0.374 e. The van der Waals surface area contributed by atoms with Crippen LogP contribution in [-0.2, 0) is 12.8 Å². The van der Waals surface area contributed by atoms with Crippen LogP contribution in [0.25, 0.3) is 0 Å². The van der Waals surface area contributed by atoms with E-state index in [1.54, 1.807) is 0 Å². The molecule has 0 radical (unpaired) electrons. The Hall–Kier alpha value is -1.99. The fraction of sp³-hybridized carbons (Fsp3) is 0.471. The molecule has 128 valence electrons. The molecule has 6 nitrogen and oxygen atoms in total. The summed E-state index contributed by atoms with van der Waals surface area (Å²) in [5.74, 6) is 0.634. The highest BCUT2D eigenvalue weighted by atomic mass is 32.1. The Kier molecular flexibility index (Phi) is 5.77. The number of amides is 1. The summed E-state index contributed by atoms with van der Waals surface area (Å²) in [6.07, 6.45) is 3.75. The molecule has 1 amide bonds. The number of aromatic nitrogens is 2. The predicted molar refractivity (Wildman–Crippen MR) is 96.1 cm³/mol. The van der Waals surface area contributed by atoms with Gasteiger partial charge >= 0.3 is 0 Å². The molecule has 1 saturated heterocycles. The molecule has 1 atom stereocenters. The molecule has 1 aliphatic rings. The van der Waals surface area contributed by atoms with Crippen LogP contribution < -0.4 is 16.4 Å². The molecule has 24 heavy (non-hydrogen) atoms. The summed E-state index contributed by atoms with van der Waals surface area (Å²) < 4.78 is 0. The standard InChI is InChI=1S/C17H23N5OS/c18-17-22-21-15(24-17)6-3-8-20-16(23)14-5-2-1-4-13(14)10-12-7-9-19-11-12/h1-2,4-5,12,19H,3,6-11H2,(H2,18,22)(H,20,23). The molecule has 2 heterocycles. The van der Waals surface area contributed by atoms with Crippen LogP contribution in [0.1, 0.15) is 33.8 Å². The number of carbonyl (C=O) groups excluding carboxylic acids is 1. The van der Waals surface area contributed by atoms with Gasteiger partial charge < -0.3 is 16.4 Å². The van der Waals surface area contributed by atoms with Gasteiger partial charge in [0.05, 0.1) is 0 Å². The van der Waals surface area contributed by atoms with Crippen molar-refractivity contribution in [2.24, 2.45) is 5.92 Å². The van der Waals surface area contributed by atoms with E-state index in [1.165, 1.54) is 17.8 Å². The van der Waals surface area contributed by atoms with Crippen molar-refractivity contribution in [3.63, 3.8) is 0 Å². The summed E-state index contributed by atoms with van der Waals surface area (Å²) in [5.41, 5.74) is 7.50. The molecule has 4 N–H and O–H groups in total. The molecule has 1 aromatic heterocycles. The van der Waals surface area contributed by atoms with Crippen molar-refractivity contribution in [2.45, 2.75) is 25.7 Å². The Labute approximate surface area is 145 Å². The molecule has 1 aromatic carbocycles. The number of hydrogen-bond acceptors (Lipinski definition) is 6. The number of nitrogens with two attached hydrogens (primary N) is 1. The van der Waals surface area contributed by atoms with Gasteiger partial charge in [-0.15, -0.1) is 10.2 Å². The third-order valence-corrected chi connectivity index (χ3v) is 5.08. The second-order valence-electron chi connectivity index (χ2n) is 6.11. The number of nitrogens with zero attached hydrogens (tertiary/aromatic N) is 2. The molecular weight excluding hydrogens is 322 g/mol. The summed E-state index contributed by atoms with van der Waals surface area (Å²) in [7, 11) is 0. The molecule has 1 fully saturated rings. The number of hydrogen-bond donors (Lipinski definition) is 3. The maximum atomic E-state index is 12.5. The van der Waals surface area contributed by atoms with Crippen LogP contribution in [0.5, 0.6) is 0 Å². The summed E-state index contributed by atoms with van der Waals surface area (Å²) >= 11 is 1.40. The van der Waals surface area contributed by atoms with E-state index in [1.807, 2.05) is 18.2 Å². The highest BCUT2D eigenvalue weighted by Crippen LogP contribution is 2.18. The first-order valence-electron chi connectivity index (χ1n) is 8.37. The van der Waals surface area contributed by atoms with Crippen molar-refractivity contribution in [3.8, 4) is 0 Å². The van der Waals surface area contributed by atoms with Gasteiger partial charge in [-0.25, -0.2) is 0 Å². The monoisotopic (exact) mass is 345 g/mol. The summed E-state index contributed by atoms with van der Waals surface area (Å²) in [4.78, 5) is 12.5. The molecule has 0 aliphatic carbocycles. The van der Waals surface area contributed by atoms with Gasteiger partial charge in [-0.2, -0.15) is 0 Å². The fourth-order valence-corrected chi connectivity index (χ4v) is 3.67. The number of anilines is 1. The number of rotatable bonds is 7. The molecule has 1 unspecified atom stereocenters. The minimum atomic E-state index is 0.00772. The summed E-state index contributed by atoms with van der Waals surface area (Å²) in [6.45, 7) is 2.74. The second kappa shape index (κ2) is 8.21. The van der Waals surface area contributed by atoms with Crippen molar-refractivity contribution < 1.29 is 4.79 Å². The van der Waals surface area contributed by atoms with E-state index < -0.39 is 0 Å². The van der Waals surface area contributed by atoms with E-state index in [4.69, 9.17) is 5.73 Å². The lowest BCUT2D eigenvalue weighted by atomic mass is 9.94. The van der Waals surface area contributed by atoms with Crippen LogP contribution in [0, 0.1) is 5.92 Å². The van der Waals surface area contributed by atoms with Crippen LogP contribution in [0.4, 0.5) is 5.13 Å². The smallest absolute Gasteiger partial charge is 0.251 e. The van der Waals surface area contributed by atoms with E-state index >= 15 is 0 Å². The first-order valence-corrected chi connectivity index (χ1v) is 9.18. The molecule has 1 aliphatic heterocycles. The van der Waals surface area contributed by atoms with E-state index in [0.29, 0.717) is 17.6 Å². The average Bonchev–Trinajstić information content (AvgIpc) is 3.24. The van der Waals surface area contributed by atoms with Gasteiger partial charge in [-0.1, -0.05) is 29.5 Å². The van der Waals surface area contributed by atoms with Crippen LogP contribution >= 0.6 is 11.3 Å². The highest BCUT2D eigenvalue weighted by Gasteiger charge is 2.18. The number of nitrogens with one attached hydrogen (secondary N) is 2. The molecular formula is C17H23N5OS. The van der Waals surface area contributed by atoms with Gasteiger partial charge in [0.1, 0.15) is 5.01 Å². The van der Waals surface area contributed by atoms with Gasteiger partial charge in [-0.3, -0.25) is 4.79 Å². The normalized spacial score (nSPS) is 17.1. The van der Waals surface area contributed by atoms with Crippen LogP contribution in [-0.4, -0.2) is 35.7 Å². The lowest BCUT2D eigenvalue weighted by molar-refractivity contribution is 0.0952.